The number of fused-ring (bicyclic) bond motifs is 3. The predicted octanol–water partition coefficient (Wildman–Crippen LogP) is 5.52. The predicted molar refractivity (Wildman–Crippen MR) is 124 cm³/mol. The first-order chi connectivity index (χ1) is 15.5. The Kier molecular flexibility index (Phi) is 4.95. The Morgan fingerprint density at radius 1 is 0.938 bits per heavy atom. The largest absolute Gasteiger partial charge is 0.484 e. The number of hydrogen-bond acceptors (Lipinski definition) is 4. The molecule has 4 aromatic carbocycles. The van der Waals surface area contributed by atoms with Crippen LogP contribution in [0.2, 0.25) is 0 Å². The van der Waals surface area contributed by atoms with Crippen molar-refractivity contribution < 1.29 is 19.1 Å². The minimum absolute atomic E-state index is 0.150. The van der Waals surface area contributed by atoms with E-state index in [0.29, 0.717) is 34.2 Å². The summed E-state index contributed by atoms with van der Waals surface area (Å²) in [7, 11) is 0. The SMILES string of the molecule is Cc1ccc2c(c1)NC(=O)c1cc(NC(=O)COc3ccc4ccccc4c3)ccc1O2. The summed E-state index contributed by atoms with van der Waals surface area (Å²) >= 11 is 0. The van der Waals surface area contributed by atoms with E-state index < -0.39 is 0 Å². The Morgan fingerprint density at radius 2 is 1.75 bits per heavy atom. The van der Waals surface area contributed by atoms with Gasteiger partial charge in [0, 0.05) is 5.69 Å². The van der Waals surface area contributed by atoms with Gasteiger partial charge >= 0.3 is 0 Å². The van der Waals surface area contributed by atoms with Gasteiger partial charge in [-0.25, -0.2) is 0 Å². The van der Waals surface area contributed by atoms with Crippen LogP contribution in [0.15, 0.2) is 78.9 Å². The van der Waals surface area contributed by atoms with E-state index in [1.165, 1.54) is 0 Å². The molecule has 158 valence electrons. The molecular weight excluding hydrogens is 404 g/mol. The quantitative estimate of drug-likeness (QED) is 0.452. The molecule has 4 aromatic rings. The smallest absolute Gasteiger partial charge is 0.262 e. The Hall–Kier alpha value is -4.32. The van der Waals surface area contributed by atoms with Crippen LogP contribution >= 0.6 is 0 Å². The molecule has 0 aliphatic carbocycles. The van der Waals surface area contributed by atoms with Gasteiger partial charge in [0.1, 0.15) is 11.5 Å². The van der Waals surface area contributed by atoms with Crippen molar-refractivity contribution in [2.75, 3.05) is 17.2 Å². The second kappa shape index (κ2) is 8.07. The maximum atomic E-state index is 12.7. The molecule has 0 fully saturated rings. The highest BCUT2D eigenvalue weighted by atomic mass is 16.5. The number of nitrogens with one attached hydrogen (secondary N) is 2. The van der Waals surface area contributed by atoms with Crippen LogP contribution < -0.4 is 20.1 Å². The molecule has 0 unspecified atom stereocenters. The summed E-state index contributed by atoms with van der Waals surface area (Å²) < 4.78 is 11.5. The lowest BCUT2D eigenvalue weighted by Gasteiger charge is -2.11. The molecule has 0 atom stereocenters. The Balaban J connectivity index is 1.28. The van der Waals surface area contributed by atoms with Gasteiger partial charge in [0.05, 0.1) is 11.3 Å². The third-order valence-electron chi connectivity index (χ3n) is 5.20. The van der Waals surface area contributed by atoms with Gasteiger partial charge in [0.25, 0.3) is 11.8 Å². The van der Waals surface area contributed by atoms with Crippen molar-refractivity contribution in [3.63, 3.8) is 0 Å². The third kappa shape index (κ3) is 3.98. The summed E-state index contributed by atoms with van der Waals surface area (Å²) in [6, 6.07) is 24.2. The van der Waals surface area contributed by atoms with Gasteiger partial charge < -0.3 is 20.1 Å². The lowest BCUT2D eigenvalue weighted by atomic mass is 10.1. The molecule has 1 aliphatic rings. The van der Waals surface area contributed by atoms with Crippen molar-refractivity contribution in [3.8, 4) is 17.2 Å². The number of hydrogen-bond donors (Lipinski definition) is 2. The summed E-state index contributed by atoms with van der Waals surface area (Å²) in [5, 5.41) is 7.77. The second-order valence-corrected chi connectivity index (χ2v) is 7.61. The third-order valence-corrected chi connectivity index (χ3v) is 5.20. The number of ether oxygens (including phenoxy) is 2. The fourth-order valence-corrected chi connectivity index (χ4v) is 3.62. The zero-order valence-corrected chi connectivity index (χ0v) is 17.3. The minimum Gasteiger partial charge on any atom is -0.484 e. The van der Waals surface area contributed by atoms with E-state index >= 15 is 0 Å². The molecule has 6 nitrogen and oxygen atoms in total. The highest BCUT2D eigenvalue weighted by Crippen LogP contribution is 2.37. The van der Waals surface area contributed by atoms with E-state index in [0.717, 1.165) is 16.3 Å². The van der Waals surface area contributed by atoms with Gasteiger partial charge in [-0.05, 0) is 65.7 Å². The van der Waals surface area contributed by atoms with Gasteiger partial charge in [-0.2, -0.15) is 0 Å². The number of amides is 2. The standard InChI is InChI=1S/C26H20N2O4/c1-16-6-10-24-22(12-16)28-26(30)21-14-19(8-11-23(21)32-24)27-25(29)15-31-20-9-7-17-4-2-3-5-18(17)13-20/h2-14H,15H2,1H3,(H,27,29)(H,28,30). The molecule has 0 radical (unpaired) electrons. The molecule has 0 aromatic heterocycles. The van der Waals surface area contributed by atoms with Gasteiger partial charge in [0.15, 0.2) is 12.4 Å². The molecule has 6 heteroatoms. The molecule has 2 N–H and O–H groups in total. The molecule has 1 heterocycles. The summed E-state index contributed by atoms with van der Waals surface area (Å²) in [6.07, 6.45) is 0. The van der Waals surface area contributed by atoms with E-state index in [2.05, 4.69) is 10.6 Å². The van der Waals surface area contributed by atoms with Crippen molar-refractivity contribution in [2.45, 2.75) is 6.92 Å². The molecule has 1 aliphatic heterocycles. The summed E-state index contributed by atoms with van der Waals surface area (Å²) in [5.74, 6) is 0.986. The maximum absolute atomic E-state index is 12.7. The van der Waals surface area contributed by atoms with Gasteiger partial charge in [0.2, 0.25) is 0 Å². The molecule has 0 bridgehead atoms. The lowest BCUT2D eigenvalue weighted by Crippen LogP contribution is -2.20. The van der Waals surface area contributed by atoms with Crippen molar-refractivity contribution in [1.82, 2.24) is 0 Å². The molecule has 5 rings (SSSR count). The van der Waals surface area contributed by atoms with E-state index in [1.54, 1.807) is 18.2 Å². The zero-order chi connectivity index (χ0) is 22.1. The van der Waals surface area contributed by atoms with Crippen LogP contribution in [0.5, 0.6) is 17.2 Å². The van der Waals surface area contributed by atoms with Crippen LogP contribution in [-0.2, 0) is 4.79 Å². The van der Waals surface area contributed by atoms with Crippen LogP contribution in [0.3, 0.4) is 0 Å². The molecular formula is C26H20N2O4. The first-order valence-corrected chi connectivity index (χ1v) is 10.2. The highest BCUT2D eigenvalue weighted by molar-refractivity contribution is 6.09. The van der Waals surface area contributed by atoms with Crippen molar-refractivity contribution >= 4 is 34.0 Å². The normalized spacial score (nSPS) is 12.1. The average molecular weight is 424 g/mol. The fourth-order valence-electron chi connectivity index (χ4n) is 3.62. The monoisotopic (exact) mass is 424 g/mol. The van der Waals surface area contributed by atoms with E-state index in [-0.39, 0.29) is 18.4 Å². The van der Waals surface area contributed by atoms with Crippen LogP contribution in [0.25, 0.3) is 10.8 Å². The molecule has 0 saturated heterocycles. The summed E-state index contributed by atoms with van der Waals surface area (Å²) in [5.41, 5.74) is 2.45. The first kappa shape index (κ1) is 19.6. The van der Waals surface area contributed by atoms with Crippen LogP contribution in [0.1, 0.15) is 15.9 Å². The topological polar surface area (TPSA) is 76.7 Å². The number of benzene rings is 4. The zero-order valence-electron chi connectivity index (χ0n) is 17.3. The van der Waals surface area contributed by atoms with Crippen molar-refractivity contribution in [1.29, 1.82) is 0 Å². The number of rotatable bonds is 4. The van der Waals surface area contributed by atoms with Crippen molar-refractivity contribution in [3.05, 3.63) is 90.0 Å². The Labute approximate surface area is 184 Å². The highest BCUT2D eigenvalue weighted by Gasteiger charge is 2.21. The number of aryl methyl sites for hydroxylation is 1. The maximum Gasteiger partial charge on any atom is 0.262 e. The fraction of sp³-hybridized carbons (Fsp3) is 0.0769. The van der Waals surface area contributed by atoms with E-state index in [1.807, 2.05) is 67.6 Å². The molecule has 2 amide bonds. The number of anilines is 2. The Bertz CT molecular complexity index is 1360. The molecule has 0 spiro atoms. The van der Waals surface area contributed by atoms with Gasteiger partial charge in [-0.3, -0.25) is 9.59 Å². The summed E-state index contributed by atoms with van der Waals surface area (Å²) in [6.45, 7) is 1.79. The second-order valence-electron chi connectivity index (χ2n) is 7.61. The minimum atomic E-state index is -0.327. The van der Waals surface area contributed by atoms with Crippen molar-refractivity contribution in [2.24, 2.45) is 0 Å². The van der Waals surface area contributed by atoms with Gasteiger partial charge in [-0.15, -0.1) is 0 Å². The average Bonchev–Trinajstić information content (AvgIpc) is 2.93. The van der Waals surface area contributed by atoms with Crippen LogP contribution in [-0.4, -0.2) is 18.4 Å². The van der Waals surface area contributed by atoms with Crippen LogP contribution in [0.4, 0.5) is 11.4 Å². The molecule has 0 saturated carbocycles. The Morgan fingerprint density at radius 3 is 2.62 bits per heavy atom. The first-order valence-electron chi connectivity index (χ1n) is 10.2. The van der Waals surface area contributed by atoms with E-state index in [4.69, 9.17) is 9.47 Å². The number of carbonyl (C=O) groups excluding carboxylic acids is 2. The van der Waals surface area contributed by atoms with Crippen LogP contribution in [0, 0.1) is 6.92 Å². The molecule has 32 heavy (non-hydrogen) atoms. The summed E-state index contributed by atoms with van der Waals surface area (Å²) in [4.78, 5) is 25.1. The lowest BCUT2D eigenvalue weighted by molar-refractivity contribution is -0.118. The number of carbonyl (C=O) groups is 2. The van der Waals surface area contributed by atoms with Gasteiger partial charge in [-0.1, -0.05) is 36.4 Å². The van der Waals surface area contributed by atoms with E-state index in [9.17, 15) is 9.59 Å².